The van der Waals surface area contributed by atoms with E-state index in [1.165, 1.54) is 0 Å². The van der Waals surface area contributed by atoms with Crippen molar-refractivity contribution in [1.29, 1.82) is 5.26 Å². The number of thioether (sulfide) groups is 1. The van der Waals surface area contributed by atoms with Gasteiger partial charge < -0.3 is 5.32 Å². The Balaban J connectivity index is 1.65. The van der Waals surface area contributed by atoms with E-state index in [0.29, 0.717) is 19.4 Å². The van der Waals surface area contributed by atoms with Crippen LogP contribution in [0, 0.1) is 16.7 Å². The number of hydrogen-bond donors (Lipinski definition) is 1. The molecule has 1 aromatic rings. The van der Waals surface area contributed by atoms with Gasteiger partial charge >= 0.3 is 0 Å². The summed E-state index contributed by atoms with van der Waals surface area (Å²) in [5.74, 6) is 0.861. The molecule has 0 bridgehead atoms. The molecular formula is C13H17N3OS2. The third kappa shape index (κ3) is 3.71. The lowest BCUT2D eigenvalue weighted by molar-refractivity contribution is -0.127. The second-order valence-electron chi connectivity index (χ2n) is 4.66. The summed E-state index contributed by atoms with van der Waals surface area (Å²) in [6.45, 7) is 0.640. The molecule has 0 aliphatic heterocycles. The number of carbonyl (C=O) groups is 1. The van der Waals surface area contributed by atoms with Gasteiger partial charge in [0.15, 0.2) is 0 Å². The average molecular weight is 295 g/mol. The van der Waals surface area contributed by atoms with Gasteiger partial charge in [0.1, 0.15) is 9.75 Å². The normalized spacial score (nSPS) is 17.0. The molecule has 1 aromatic heterocycles. The quantitative estimate of drug-likeness (QED) is 0.647. The molecule has 1 saturated carbocycles. The molecule has 1 N–H and O–H groups in total. The Hall–Kier alpha value is -1.06. The number of aromatic nitrogens is 1. The summed E-state index contributed by atoms with van der Waals surface area (Å²) < 4.78 is 1.07. The van der Waals surface area contributed by atoms with E-state index in [1.807, 2.05) is 5.38 Å². The van der Waals surface area contributed by atoms with Crippen LogP contribution in [0.4, 0.5) is 0 Å². The van der Waals surface area contributed by atoms with Crippen molar-refractivity contribution in [1.82, 2.24) is 10.3 Å². The Labute approximate surface area is 121 Å². The largest absolute Gasteiger partial charge is 0.355 e. The van der Waals surface area contributed by atoms with Crippen molar-refractivity contribution in [3.05, 3.63) is 11.6 Å². The highest BCUT2D eigenvalue weighted by Gasteiger charge is 2.41. The van der Waals surface area contributed by atoms with Crippen LogP contribution < -0.4 is 5.32 Å². The second kappa shape index (κ2) is 6.92. The second-order valence-corrected chi connectivity index (χ2v) is 6.89. The Morgan fingerprint density at radius 1 is 1.58 bits per heavy atom. The van der Waals surface area contributed by atoms with Gasteiger partial charge in [-0.1, -0.05) is 24.6 Å². The molecule has 2 rings (SSSR count). The molecule has 0 radical (unpaired) electrons. The number of hydrogen-bond acceptors (Lipinski definition) is 5. The summed E-state index contributed by atoms with van der Waals surface area (Å²) >= 11 is 3.34. The van der Waals surface area contributed by atoms with Crippen LogP contribution in [0.15, 0.2) is 15.9 Å². The van der Waals surface area contributed by atoms with E-state index in [2.05, 4.69) is 16.4 Å². The highest BCUT2D eigenvalue weighted by Crippen LogP contribution is 2.37. The lowest BCUT2D eigenvalue weighted by Gasteiger charge is -2.18. The Kier molecular flexibility index (Phi) is 5.23. The molecule has 1 heterocycles. The molecule has 6 heteroatoms. The van der Waals surface area contributed by atoms with Gasteiger partial charge in [-0.2, -0.15) is 5.26 Å². The van der Waals surface area contributed by atoms with E-state index in [1.54, 1.807) is 29.3 Å². The molecular weight excluding hydrogens is 278 g/mol. The minimum atomic E-state index is -0.748. The van der Waals surface area contributed by atoms with Crippen molar-refractivity contribution in [2.45, 2.75) is 36.4 Å². The summed E-state index contributed by atoms with van der Waals surface area (Å²) in [6, 6.07) is 2.21. The number of nitrogens with one attached hydrogen (secondary N) is 1. The van der Waals surface area contributed by atoms with Gasteiger partial charge in [0.2, 0.25) is 5.91 Å². The van der Waals surface area contributed by atoms with Gasteiger partial charge in [-0.15, -0.1) is 11.3 Å². The Morgan fingerprint density at radius 2 is 2.37 bits per heavy atom. The first-order valence-corrected chi connectivity index (χ1v) is 8.35. The number of carbonyl (C=O) groups excluding carboxylic acids is 1. The first kappa shape index (κ1) is 14.4. The molecule has 0 spiro atoms. The van der Waals surface area contributed by atoms with Crippen LogP contribution in [0.5, 0.6) is 0 Å². The van der Waals surface area contributed by atoms with Crippen molar-refractivity contribution in [3.63, 3.8) is 0 Å². The topological polar surface area (TPSA) is 65.8 Å². The SMILES string of the molecule is N#CC1(C(=O)NCCCSc2nccs2)CCCC1. The standard InChI is InChI=1S/C13H17N3OS2/c14-10-13(4-1-2-5-13)11(17)15-6-3-8-18-12-16-7-9-19-12/h7,9H,1-6,8H2,(H,15,17). The minimum Gasteiger partial charge on any atom is -0.355 e. The zero-order valence-corrected chi connectivity index (χ0v) is 12.4. The van der Waals surface area contributed by atoms with E-state index >= 15 is 0 Å². The molecule has 0 unspecified atom stereocenters. The number of thiazole rings is 1. The molecule has 0 aromatic carbocycles. The smallest absolute Gasteiger partial charge is 0.240 e. The maximum Gasteiger partial charge on any atom is 0.240 e. The highest BCUT2D eigenvalue weighted by molar-refractivity contribution is 8.00. The highest BCUT2D eigenvalue weighted by atomic mass is 32.2. The van der Waals surface area contributed by atoms with Gasteiger partial charge in [-0.25, -0.2) is 4.98 Å². The van der Waals surface area contributed by atoms with Crippen LogP contribution in [-0.4, -0.2) is 23.2 Å². The molecule has 19 heavy (non-hydrogen) atoms. The maximum atomic E-state index is 12.0. The lowest BCUT2D eigenvalue weighted by Crippen LogP contribution is -2.38. The van der Waals surface area contributed by atoms with Crippen LogP contribution in [0.2, 0.25) is 0 Å². The van der Waals surface area contributed by atoms with E-state index in [-0.39, 0.29) is 5.91 Å². The van der Waals surface area contributed by atoms with Gasteiger partial charge in [0, 0.05) is 23.9 Å². The predicted octanol–water partition coefficient (Wildman–Crippen LogP) is 2.83. The predicted molar refractivity (Wildman–Crippen MR) is 77.0 cm³/mol. The molecule has 1 aliphatic carbocycles. The van der Waals surface area contributed by atoms with E-state index in [4.69, 9.17) is 0 Å². The first-order chi connectivity index (χ1) is 9.27. The van der Waals surface area contributed by atoms with E-state index in [9.17, 15) is 10.1 Å². The minimum absolute atomic E-state index is 0.0771. The first-order valence-electron chi connectivity index (χ1n) is 6.49. The van der Waals surface area contributed by atoms with Gasteiger partial charge in [-0.3, -0.25) is 4.79 Å². The van der Waals surface area contributed by atoms with E-state index in [0.717, 1.165) is 29.4 Å². The van der Waals surface area contributed by atoms with Crippen LogP contribution in [0.25, 0.3) is 0 Å². The summed E-state index contributed by atoms with van der Waals surface area (Å²) in [6.07, 6.45) is 6.09. The van der Waals surface area contributed by atoms with Crippen molar-refractivity contribution in [3.8, 4) is 6.07 Å². The zero-order valence-electron chi connectivity index (χ0n) is 10.7. The van der Waals surface area contributed by atoms with Crippen molar-refractivity contribution in [2.75, 3.05) is 12.3 Å². The zero-order chi connectivity index (χ0) is 13.6. The third-order valence-electron chi connectivity index (χ3n) is 3.35. The number of rotatable bonds is 6. The fourth-order valence-corrected chi connectivity index (χ4v) is 3.90. The molecule has 1 aliphatic rings. The molecule has 102 valence electrons. The van der Waals surface area contributed by atoms with Crippen LogP contribution in [-0.2, 0) is 4.79 Å². The lowest BCUT2D eigenvalue weighted by atomic mass is 9.87. The summed E-state index contributed by atoms with van der Waals surface area (Å²) in [5, 5.41) is 14.1. The molecule has 1 amide bonds. The number of amides is 1. The summed E-state index contributed by atoms with van der Waals surface area (Å²) in [7, 11) is 0. The van der Waals surface area contributed by atoms with Crippen LogP contribution >= 0.6 is 23.1 Å². The van der Waals surface area contributed by atoms with Crippen LogP contribution in [0.1, 0.15) is 32.1 Å². The summed E-state index contributed by atoms with van der Waals surface area (Å²) in [4.78, 5) is 16.2. The molecule has 1 fully saturated rings. The maximum absolute atomic E-state index is 12.0. The molecule has 4 nitrogen and oxygen atoms in total. The molecule has 0 atom stereocenters. The Bertz CT molecular complexity index is 447. The van der Waals surface area contributed by atoms with Gasteiger partial charge in [-0.05, 0) is 19.3 Å². The number of nitriles is 1. The van der Waals surface area contributed by atoms with Gasteiger partial charge in [0.25, 0.3) is 0 Å². The monoisotopic (exact) mass is 295 g/mol. The summed E-state index contributed by atoms with van der Waals surface area (Å²) in [5.41, 5.74) is -0.748. The average Bonchev–Trinajstić information content (AvgIpc) is 3.10. The van der Waals surface area contributed by atoms with Crippen molar-refractivity contribution >= 4 is 29.0 Å². The fourth-order valence-electron chi connectivity index (χ4n) is 2.25. The van der Waals surface area contributed by atoms with Crippen molar-refractivity contribution < 1.29 is 4.79 Å². The third-order valence-corrected chi connectivity index (χ3v) is 5.40. The van der Waals surface area contributed by atoms with Gasteiger partial charge in [0.05, 0.1) is 6.07 Å². The van der Waals surface area contributed by atoms with Crippen LogP contribution in [0.3, 0.4) is 0 Å². The fraction of sp³-hybridized carbons (Fsp3) is 0.615. The van der Waals surface area contributed by atoms with E-state index < -0.39 is 5.41 Å². The Morgan fingerprint density at radius 3 is 3.00 bits per heavy atom. The number of nitrogens with zero attached hydrogens (tertiary/aromatic N) is 2. The van der Waals surface area contributed by atoms with Crippen molar-refractivity contribution in [2.24, 2.45) is 5.41 Å². The molecule has 0 saturated heterocycles.